The molecule has 0 amide bonds. The third kappa shape index (κ3) is 3.94. The van der Waals surface area contributed by atoms with Crippen LogP contribution in [0.3, 0.4) is 0 Å². The largest absolute Gasteiger partial charge is 0.456 e. The van der Waals surface area contributed by atoms with E-state index in [0.717, 1.165) is 83.4 Å². The standard InChI is InChI=1S/C39H25N3O2/c1-3-11-24(12-4-1)27-20-21-30(35-29-16-8-10-18-33(29)44-36(27)35)39-41-37(25-13-5-2-6-14-25)40-38(42-39)26-19-22-34-31(23-26)28-15-7-9-17-32(28)43-34/h1-23,38H,(H,40,41,42). The number of furan rings is 2. The Morgan fingerprint density at radius 3 is 1.89 bits per heavy atom. The number of hydrogen-bond donors (Lipinski definition) is 1. The van der Waals surface area contributed by atoms with Crippen molar-refractivity contribution in [3.05, 3.63) is 156 Å². The van der Waals surface area contributed by atoms with E-state index in [4.69, 9.17) is 18.8 Å². The van der Waals surface area contributed by atoms with Crippen molar-refractivity contribution in [3.8, 4) is 11.1 Å². The SMILES string of the molecule is c1ccc(C2=NC(c3ccc4oc5ccccc5c4c3)N=C(c3ccc(-c4ccccc4)c4oc5ccccc5c34)N2)cc1. The van der Waals surface area contributed by atoms with Crippen molar-refractivity contribution < 1.29 is 8.83 Å². The first kappa shape index (κ1) is 24.6. The molecule has 5 nitrogen and oxygen atoms in total. The van der Waals surface area contributed by atoms with Gasteiger partial charge in [0, 0.05) is 38.2 Å². The van der Waals surface area contributed by atoms with E-state index in [1.54, 1.807) is 0 Å². The molecule has 0 aliphatic carbocycles. The van der Waals surface area contributed by atoms with Gasteiger partial charge in [0.1, 0.15) is 34.0 Å². The highest BCUT2D eigenvalue weighted by Gasteiger charge is 2.25. The lowest BCUT2D eigenvalue weighted by atomic mass is 9.97. The number of rotatable bonds is 4. The number of amidine groups is 2. The van der Waals surface area contributed by atoms with Crippen LogP contribution in [-0.2, 0) is 0 Å². The minimum atomic E-state index is -0.457. The number of hydrogen-bond acceptors (Lipinski definition) is 5. The summed E-state index contributed by atoms with van der Waals surface area (Å²) >= 11 is 0. The molecular weight excluding hydrogens is 542 g/mol. The van der Waals surface area contributed by atoms with Crippen molar-refractivity contribution >= 4 is 55.5 Å². The molecule has 44 heavy (non-hydrogen) atoms. The molecule has 0 saturated heterocycles. The molecule has 0 bridgehead atoms. The Morgan fingerprint density at radius 1 is 0.477 bits per heavy atom. The molecule has 0 spiro atoms. The summed E-state index contributed by atoms with van der Waals surface area (Å²) in [5.74, 6) is 1.52. The van der Waals surface area contributed by atoms with E-state index in [1.807, 2.05) is 60.7 Å². The molecule has 6 aromatic carbocycles. The van der Waals surface area contributed by atoms with Gasteiger partial charge in [-0.1, -0.05) is 103 Å². The van der Waals surface area contributed by atoms with Gasteiger partial charge in [0.05, 0.1) is 0 Å². The molecule has 5 heteroatoms. The van der Waals surface area contributed by atoms with Crippen LogP contribution in [0.2, 0.25) is 0 Å². The molecule has 3 heterocycles. The molecule has 0 fully saturated rings. The Labute approximate surface area is 252 Å². The first-order valence-corrected chi connectivity index (χ1v) is 14.7. The van der Waals surface area contributed by atoms with E-state index >= 15 is 0 Å². The summed E-state index contributed by atoms with van der Waals surface area (Å²) in [6, 6.07) is 47.4. The highest BCUT2D eigenvalue weighted by atomic mass is 16.3. The maximum atomic E-state index is 6.55. The first-order valence-electron chi connectivity index (χ1n) is 14.7. The van der Waals surface area contributed by atoms with Gasteiger partial charge in [-0.3, -0.25) is 0 Å². The zero-order valence-electron chi connectivity index (χ0n) is 23.6. The first-order chi connectivity index (χ1) is 21.8. The van der Waals surface area contributed by atoms with E-state index in [1.165, 1.54) is 0 Å². The molecule has 0 radical (unpaired) electrons. The summed E-state index contributed by atoms with van der Waals surface area (Å²) in [5.41, 5.74) is 8.50. The maximum Gasteiger partial charge on any atom is 0.169 e. The van der Waals surface area contributed by atoms with Gasteiger partial charge in [-0.05, 0) is 47.5 Å². The monoisotopic (exact) mass is 567 g/mol. The van der Waals surface area contributed by atoms with E-state index < -0.39 is 6.17 Å². The Morgan fingerprint density at radius 2 is 1.09 bits per heavy atom. The van der Waals surface area contributed by atoms with E-state index in [0.29, 0.717) is 0 Å². The van der Waals surface area contributed by atoms with Gasteiger partial charge < -0.3 is 14.2 Å². The zero-order valence-corrected chi connectivity index (χ0v) is 23.6. The van der Waals surface area contributed by atoms with Gasteiger partial charge in [-0.2, -0.15) is 0 Å². The lowest BCUT2D eigenvalue weighted by molar-refractivity contribution is 0.668. The minimum Gasteiger partial charge on any atom is -0.456 e. The molecule has 208 valence electrons. The van der Waals surface area contributed by atoms with Gasteiger partial charge in [-0.15, -0.1) is 0 Å². The highest BCUT2D eigenvalue weighted by Crippen LogP contribution is 2.39. The smallest absolute Gasteiger partial charge is 0.169 e. The van der Waals surface area contributed by atoms with Crippen LogP contribution >= 0.6 is 0 Å². The molecule has 1 aliphatic heterocycles. The Hall–Kier alpha value is -5.94. The van der Waals surface area contributed by atoms with E-state index in [2.05, 4.69) is 84.2 Å². The van der Waals surface area contributed by atoms with Crippen LogP contribution in [-0.4, -0.2) is 11.7 Å². The quantitative estimate of drug-likeness (QED) is 0.230. The Bertz CT molecular complexity index is 2420. The maximum absolute atomic E-state index is 6.55. The summed E-state index contributed by atoms with van der Waals surface area (Å²) in [6.07, 6.45) is -0.457. The summed E-state index contributed by atoms with van der Waals surface area (Å²) in [4.78, 5) is 10.4. The van der Waals surface area contributed by atoms with Crippen molar-refractivity contribution in [2.24, 2.45) is 9.98 Å². The topological polar surface area (TPSA) is 63.0 Å². The number of aliphatic imine (C=N–C) groups is 2. The van der Waals surface area contributed by atoms with Gasteiger partial charge >= 0.3 is 0 Å². The lowest BCUT2D eigenvalue weighted by Crippen LogP contribution is -2.36. The molecular formula is C39H25N3O2. The second kappa shape index (κ2) is 9.82. The Kier molecular flexibility index (Phi) is 5.50. The number of para-hydroxylation sites is 2. The van der Waals surface area contributed by atoms with Crippen molar-refractivity contribution in [3.63, 3.8) is 0 Å². The van der Waals surface area contributed by atoms with Crippen LogP contribution < -0.4 is 5.32 Å². The predicted octanol–water partition coefficient (Wildman–Crippen LogP) is 9.65. The van der Waals surface area contributed by atoms with E-state index in [9.17, 15) is 0 Å². The molecule has 9 rings (SSSR count). The fourth-order valence-electron chi connectivity index (χ4n) is 6.25. The normalized spacial score (nSPS) is 15.0. The van der Waals surface area contributed by atoms with Gasteiger partial charge in [0.25, 0.3) is 0 Å². The average Bonchev–Trinajstić information content (AvgIpc) is 3.67. The number of nitrogens with zero attached hydrogens (tertiary/aromatic N) is 2. The summed E-state index contributed by atoms with van der Waals surface area (Å²) in [6.45, 7) is 0. The number of benzene rings is 6. The van der Waals surface area contributed by atoms with Gasteiger partial charge in [-0.25, -0.2) is 9.98 Å². The highest BCUT2D eigenvalue weighted by molar-refractivity contribution is 6.25. The molecule has 1 unspecified atom stereocenters. The number of nitrogens with one attached hydrogen (secondary N) is 1. The third-order valence-electron chi connectivity index (χ3n) is 8.35. The van der Waals surface area contributed by atoms with E-state index in [-0.39, 0.29) is 0 Å². The summed E-state index contributed by atoms with van der Waals surface area (Å²) < 4.78 is 12.7. The Balaban J connectivity index is 1.26. The van der Waals surface area contributed by atoms with Crippen molar-refractivity contribution in [2.45, 2.75) is 6.17 Å². The van der Waals surface area contributed by atoms with Crippen LogP contribution in [0.5, 0.6) is 0 Å². The van der Waals surface area contributed by atoms with Crippen molar-refractivity contribution in [1.29, 1.82) is 0 Å². The number of fused-ring (bicyclic) bond motifs is 6. The second-order valence-electron chi connectivity index (χ2n) is 11.0. The van der Waals surface area contributed by atoms with Crippen LogP contribution in [0.25, 0.3) is 55.0 Å². The predicted molar refractivity (Wildman–Crippen MR) is 178 cm³/mol. The summed E-state index contributed by atoms with van der Waals surface area (Å²) in [5, 5.41) is 7.80. The lowest BCUT2D eigenvalue weighted by Gasteiger charge is -2.23. The fraction of sp³-hybridized carbons (Fsp3) is 0.0256. The fourth-order valence-corrected chi connectivity index (χ4v) is 6.25. The van der Waals surface area contributed by atoms with Crippen LogP contribution in [0.15, 0.2) is 158 Å². The molecule has 1 N–H and O–H groups in total. The minimum absolute atomic E-state index is 0.457. The van der Waals surface area contributed by atoms with Crippen LogP contribution in [0.1, 0.15) is 22.9 Å². The van der Waals surface area contributed by atoms with Crippen LogP contribution in [0, 0.1) is 0 Å². The van der Waals surface area contributed by atoms with Crippen molar-refractivity contribution in [1.82, 2.24) is 5.32 Å². The van der Waals surface area contributed by atoms with Gasteiger partial charge in [0.2, 0.25) is 0 Å². The summed E-state index contributed by atoms with van der Waals surface area (Å²) in [7, 11) is 0. The van der Waals surface area contributed by atoms with Crippen LogP contribution in [0.4, 0.5) is 0 Å². The molecule has 8 aromatic rings. The molecule has 0 saturated carbocycles. The third-order valence-corrected chi connectivity index (χ3v) is 8.35. The second-order valence-corrected chi connectivity index (χ2v) is 11.0. The zero-order chi connectivity index (χ0) is 29.0. The van der Waals surface area contributed by atoms with Crippen molar-refractivity contribution in [2.75, 3.05) is 0 Å². The molecule has 1 atom stereocenters. The molecule has 1 aliphatic rings. The average molecular weight is 568 g/mol. The molecule has 2 aromatic heterocycles. The van der Waals surface area contributed by atoms with Gasteiger partial charge in [0.15, 0.2) is 6.17 Å².